The van der Waals surface area contributed by atoms with Crippen LogP contribution in [0.1, 0.15) is 56.9 Å². The molecule has 2 heterocycles. The lowest BCUT2D eigenvalue weighted by atomic mass is 9.71. The maximum atomic E-state index is 12.9. The Hall–Kier alpha value is -1.99. The van der Waals surface area contributed by atoms with Crippen LogP contribution in [0, 0.1) is 12.3 Å². The van der Waals surface area contributed by atoms with Crippen molar-refractivity contribution in [2.45, 2.75) is 64.3 Å². The van der Waals surface area contributed by atoms with Crippen LogP contribution in [0.3, 0.4) is 0 Å². The lowest BCUT2D eigenvalue weighted by Crippen LogP contribution is -2.46. The van der Waals surface area contributed by atoms with E-state index in [0.29, 0.717) is 18.1 Å². The minimum atomic E-state index is -0.149. The Labute approximate surface area is 175 Å². The van der Waals surface area contributed by atoms with Gasteiger partial charge in [-0.25, -0.2) is 4.98 Å². The summed E-state index contributed by atoms with van der Waals surface area (Å²) in [7, 11) is 0. The first-order valence-corrected chi connectivity index (χ1v) is 11.5. The third-order valence-corrected chi connectivity index (χ3v) is 7.19. The molecule has 0 radical (unpaired) electrons. The third-order valence-electron chi connectivity index (χ3n) is 6.25. The number of fused-ring (bicyclic) bond motifs is 1. The molecule has 6 nitrogen and oxygen atoms in total. The molecule has 29 heavy (non-hydrogen) atoms. The number of benzene rings is 1. The molecule has 0 bridgehead atoms. The summed E-state index contributed by atoms with van der Waals surface area (Å²) in [6, 6.07) is 6.05. The van der Waals surface area contributed by atoms with Crippen molar-refractivity contribution in [2.24, 2.45) is 5.41 Å². The van der Waals surface area contributed by atoms with Crippen molar-refractivity contribution in [3.8, 4) is 0 Å². The zero-order valence-electron chi connectivity index (χ0n) is 17.1. The van der Waals surface area contributed by atoms with Crippen LogP contribution >= 0.6 is 11.3 Å². The quantitative estimate of drug-likeness (QED) is 0.672. The molecule has 1 aromatic heterocycles. The number of amides is 2. The predicted molar refractivity (Wildman–Crippen MR) is 117 cm³/mol. The van der Waals surface area contributed by atoms with E-state index in [2.05, 4.69) is 33.9 Å². The largest absolute Gasteiger partial charge is 0.354 e. The molecule has 2 amide bonds. The van der Waals surface area contributed by atoms with Crippen molar-refractivity contribution in [3.63, 3.8) is 0 Å². The Kier molecular flexibility index (Phi) is 6.15. The van der Waals surface area contributed by atoms with Crippen molar-refractivity contribution in [3.05, 3.63) is 23.8 Å². The Morgan fingerprint density at radius 2 is 2.07 bits per heavy atom. The van der Waals surface area contributed by atoms with E-state index < -0.39 is 0 Å². The van der Waals surface area contributed by atoms with E-state index in [9.17, 15) is 9.59 Å². The molecule has 2 aromatic rings. The number of nitrogens with one attached hydrogen (secondary N) is 3. The lowest BCUT2D eigenvalue weighted by molar-refractivity contribution is -0.125. The average molecular weight is 415 g/mol. The van der Waals surface area contributed by atoms with E-state index in [1.165, 1.54) is 23.3 Å². The molecule has 2 fully saturated rings. The van der Waals surface area contributed by atoms with Gasteiger partial charge in [0.15, 0.2) is 5.13 Å². The summed E-state index contributed by atoms with van der Waals surface area (Å²) in [6.45, 7) is 3.55. The van der Waals surface area contributed by atoms with Gasteiger partial charge in [-0.2, -0.15) is 0 Å². The highest BCUT2D eigenvalue weighted by Gasteiger charge is 2.35. The second kappa shape index (κ2) is 8.79. The van der Waals surface area contributed by atoms with E-state index in [1.54, 1.807) is 0 Å². The van der Waals surface area contributed by atoms with Gasteiger partial charge in [-0.3, -0.25) is 9.59 Å². The van der Waals surface area contributed by atoms with Crippen molar-refractivity contribution < 1.29 is 9.59 Å². The molecule has 3 N–H and O–H groups in total. The number of thiazole rings is 1. The fourth-order valence-corrected chi connectivity index (χ4v) is 5.59. The number of rotatable bonds is 6. The van der Waals surface area contributed by atoms with Gasteiger partial charge in [-0.15, -0.1) is 0 Å². The van der Waals surface area contributed by atoms with Crippen LogP contribution in [0.2, 0.25) is 0 Å². The Morgan fingerprint density at radius 1 is 1.24 bits per heavy atom. The number of aromatic nitrogens is 1. The highest BCUT2D eigenvalue weighted by molar-refractivity contribution is 7.22. The molecule has 1 saturated heterocycles. The van der Waals surface area contributed by atoms with E-state index >= 15 is 0 Å². The van der Waals surface area contributed by atoms with Crippen molar-refractivity contribution in [1.29, 1.82) is 0 Å². The predicted octanol–water partition coefficient (Wildman–Crippen LogP) is 3.75. The second-order valence-corrected chi connectivity index (χ2v) is 9.67. The van der Waals surface area contributed by atoms with Crippen LogP contribution in [0.15, 0.2) is 18.2 Å². The SMILES string of the molecule is Cc1ccc2nc(NC(=O)CC3(CNC(=O)[C@@H]4CCCN4)CCCCC3)sc2c1. The summed E-state index contributed by atoms with van der Waals surface area (Å²) in [5, 5.41) is 10.0. The van der Waals surface area contributed by atoms with Gasteiger partial charge in [0.25, 0.3) is 0 Å². The molecule has 1 atom stereocenters. The number of nitrogens with zero attached hydrogens (tertiary/aromatic N) is 1. The number of aryl methyl sites for hydroxylation is 1. The van der Waals surface area contributed by atoms with Crippen LogP contribution < -0.4 is 16.0 Å². The smallest absolute Gasteiger partial charge is 0.237 e. The minimum absolute atomic E-state index is 0.00378. The fourth-order valence-electron chi connectivity index (χ4n) is 4.61. The summed E-state index contributed by atoms with van der Waals surface area (Å²) in [6.07, 6.45) is 7.79. The highest BCUT2D eigenvalue weighted by atomic mass is 32.1. The molecule has 0 spiro atoms. The first-order valence-electron chi connectivity index (χ1n) is 10.7. The van der Waals surface area contributed by atoms with Gasteiger partial charge in [0, 0.05) is 13.0 Å². The molecule has 1 aliphatic heterocycles. The van der Waals surface area contributed by atoms with Crippen molar-refractivity contribution in [1.82, 2.24) is 15.6 Å². The highest BCUT2D eigenvalue weighted by Crippen LogP contribution is 2.39. The van der Waals surface area contributed by atoms with Crippen LogP contribution in [0.5, 0.6) is 0 Å². The van der Waals surface area contributed by atoms with Crippen LogP contribution in [0.4, 0.5) is 5.13 Å². The standard InChI is InChI=1S/C22H30N4O2S/c1-15-7-8-16-18(12-15)29-21(25-16)26-19(27)13-22(9-3-2-4-10-22)14-24-20(28)17-6-5-11-23-17/h7-8,12,17,23H,2-6,9-11,13-14H2,1H3,(H,24,28)(H,25,26,27)/t17-/m0/s1. The first-order chi connectivity index (χ1) is 14.0. The van der Waals surface area contributed by atoms with Crippen molar-refractivity contribution >= 4 is 38.5 Å². The molecular formula is C22H30N4O2S. The van der Waals surface area contributed by atoms with Crippen LogP contribution in [-0.2, 0) is 9.59 Å². The molecule has 0 unspecified atom stereocenters. The molecule has 4 rings (SSSR count). The van der Waals surface area contributed by atoms with E-state index in [1.807, 2.05) is 12.1 Å². The van der Waals surface area contributed by atoms with Gasteiger partial charge in [-0.1, -0.05) is 36.7 Å². The van der Waals surface area contributed by atoms with E-state index in [-0.39, 0.29) is 23.3 Å². The van der Waals surface area contributed by atoms with Gasteiger partial charge in [-0.05, 0) is 62.3 Å². The van der Waals surface area contributed by atoms with E-state index in [4.69, 9.17) is 0 Å². The van der Waals surface area contributed by atoms with Crippen molar-refractivity contribution in [2.75, 3.05) is 18.4 Å². The maximum absolute atomic E-state index is 12.9. The zero-order valence-corrected chi connectivity index (χ0v) is 17.9. The Balaban J connectivity index is 1.39. The number of carbonyl (C=O) groups is 2. The summed E-state index contributed by atoms with van der Waals surface area (Å²) >= 11 is 1.51. The molecular weight excluding hydrogens is 384 g/mol. The lowest BCUT2D eigenvalue weighted by Gasteiger charge is -2.37. The molecule has 2 aliphatic rings. The zero-order chi connectivity index (χ0) is 20.3. The topological polar surface area (TPSA) is 83.1 Å². The second-order valence-electron chi connectivity index (χ2n) is 8.64. The van der Waals surface area contributed by atoms with Gasteiger partial charge in [0.2, 0.25) is 11.8 Å². The van der Waals surface area contributed by atoms with Gasteiger partial charge < -0.3 is 16.0 Å². The molecule has 156 valence electrons. The molecule has 7 heteroatoms. The fraction of sp³-hybridized carbons (Fsp3) is 0.591. The monoisotopic (exact) mass is 414 g/mol. The van der Waals surface area contributed by atoms with E-state index in [0.717, 1.165) is 55.3 Å². The number of anilines is 1. The molecule has 1 saturated carbocycles. The van der Waals surface area contributed by atoms with Crippen LogP contribution in [0.25, 0.3) is 10.2 Å². The van der Waals surface area contributed by atoms with Gasteiger partial charge in [0.1, 0.15) is 0 Å². The average Bonchev–Trinajstić information content (AvgIpc) is 3.36. The minimum Gasteiger partial charge on any atom is -0.354 e. The number of carbonyl (C=O) groups excluding carboxylic acids is 2. The summed E-state index contributed by atoms with van der Waals surface area (Å²) in [5.74, 6) is 0.0744. The summed E-state index contributed by atoms with van der Waals surface area (Å²) < 4.78 is 1.09. The Morgan fingerprint density at radius 3 is 2.83 bits per heavy atom. The normalized spacial score (nSPS) is 21.2. The number of hydrogen-bond donors (Lipinski definition) is 3. The Bertz CT molecular complexity index is 882. The summed E-state index contributed by atoms with van der Waals surface area (Å²) in [4.78, 5) is 29.9. The number of hydrogen-bond acceptors (Lipinski definition) is 5. The first kappa shape index (κ1) is 20.3. The van der Waals surface area contributed by atoms with Gasteiger partial charge >= 0.3 is 0 Å². The maximum Gasteiger partial charge on any atom is 0.237 e. The van der Waals surface area contributed by atoms with Crippen LogP contribution in [-0.4, -0.2) is 35.9 Å². The molecule has 1 aromatic carbocycles. The van der Waals surface area contributed by atoms with Gasteiger partial charge in [0.05, 0.1) is 16.3 Å². The molecule has 1 aliphatic carbocycles. The third kappa shape index (κ3) is 4.95. The summed E-state index contributed by atoms with van der Waals surface area (Å²) in [5.41, 5.74) is 1.96.